The van der Waals surface area contributed by atoms with Crippen LogP contribution in [0.25, 0.3) is 0 Å². The molecule has 2 heterocycles. The van der Waals surface area contributed by atoms with E-state index in [-0.39, 0.29) is 6.04 Å². The Morgan fingerprint density at radius 1 is 1.42 bits per heavy atom. The maximum atomic E-state index is 5.85. The zero-order valence-corrected chi connectivity index (χ0v) is 13.0. The first kappa shape index (κ1) is 14.6. The molecular weight excluding hydrogens is 328 g/mol. The van der Waals surface area contributed by atoms with E-state index in [4.69, 9.17) is 16.0 Å². The minimum atomic E-state index is 0.114. The zero-order chi connectivity index (χ0) is 13.7. The summed E-state index contributed by atoms with van der Waals surface area (Å²) < 4.78 is 6.50. The predicted octanol–water partition coefficient (Wildman–Crippen LogP) is 4.37. The highest BCUT2D eigenvalue weighted by Crippen LogP contribution is 2.24. The molecule has 2 aromatic rings. The normalized spacial score (nSPS) is 12.6. The number of pyridine rings is 1. The Kier molecular flexibility index (Phi) is 5.43. The predicted molar refractivity (Wildman–Crippen MR) is 80.4 cm³/mol. The van der Waals surface area contributed by atoms with Gasteiger partial charge in [0.25, 0.3) is 0 Å². The molecule has 0 fully saturated rings. The summed E-state index contributed by atoms with van der Waals surface area (Å²) >= 11 is 9.29. The monoisotopic (exact) mass is 342 g/mol. The molecule has 0 saturated carbocycles. The van der Waals surface area contributed by atoms with Crippen LogP contribution < -0.4 is 5.32 Å². The molecule has 5 heteroatoms. The lowest BCUT2D eigenvalue weighted by molar-refractivity contribution is 0.411. The average Bonchev–Trinajstić information content (AvgIpc) is 2.81. The van der Waals surface area contributed by atoms with Gasteiger partial charge in [0.1, 0.15) is 5.76 Å². The van der Waals surface area contributed by atoms with Crippen molar-refractivity contribution in [3.8, 4) is 0 Å². The van der Waals surface area contributed by atoms with Crippen molar-refractivity contribution in [1.82, 2.24) is 10.3 Å². The van der Waals surface area contributed by atoms with Crippen LogP contribution in [0.15, 0.2) is 39.5 Å². The third kappa shape index (κ3) is 4.34. The fourth-order valence-electron chi connectivity index (χ4n) is 1.91. The lowest BCUT2D eigenvalue weighted by atomic mass is 10.1. The van der Waals surface area contributed by atoms with Crippen molar-refractivity contribution >= 4 is 27.5 Å². The van der Waals surface area contributed by atoms with Crippen molar-refractivity contribution < 1.29 is 4.42 Å². The highest BCUT2D eigenvalue weighted by Gasteiger charge is 2.15. The van der Waals surface area contributed by atoms with Crippen LogP contribution in [-0.4, -0.2) is 11.5 Å². The number of hydrogen-bond acceptors (Lipinski definition) is 3. The van der Waals surface area contributed by atoms with Gasteiger partial charge in [-0.15, -0.1) is 0 Å². The minimum absolute atomic E-state index is 0.114. The SMILES string of the molecule is CCCNC(Cc1cncc(Br)c1)c1ccc(Cl)o1. The van der Waals surface area contributed by atoms with Crippen molar-refractivity contribution in [2.24, 2.45) is 0 Å². The number of aromatic nitrogens is 1. The second-order valence-corrected chi connectivity index (χ2v) is 5.65. The summed E-state index contributed by atoms with van der Waals surface area (Å²) in [7, 11) is 0. The Labute approximate surface area is 126 Å². The second-order valence-electron chi connectivity index (χ2n) is 4.36. The molecule has 0 radical (unpaired) electrons. The van der Waals surface area contributed by atoms with Crippen LogP contribution >= 0.6 is 27.5 Å². The maximum Gasteiger partial charge on any atom is 0.193 e. The third-order valence-corrected chi connectivity index (χ3v) is 3.42. The van der Waals surface area contributed by atoms with E-state index >= 15 is 0 Å². The molecule has 0 aliphatic heterocycles. The number of nitrogens with one attached hydrogen (secondary N) is 1. The van der Waals surface area contributed by atoms with E-state index in [0.717, 1.165) is 35.2 Å². The summed E-state index contributed by atoms with van der Waals surface area (Å²) in [5.74, 6) is 0.860. The number of nitrogens with zero attached hydrogens (tertiary/aromatic N) is 1. The van der Waals surface area contributed by atoms with E-state index in [1.165, 1.54) is 0 Å². The van der Waals surface area contributed by atoms with Crippen molar-refractivity contribution in [1.29, 1.82) is 0 Å². The first-order valence-electron chi connectivity index (χ1n) is 6.27. The van der Waals surface area contributed by atoms with Crippen LogP contribution in [0, 0.1) is 0 Å². The molecule has 0 bridgehead atoms. The summed E-state index contributed by atoms with van der Waals surface area (Å²) in [6.45, 7) is 3.07. The summed E-state index contributed by atoms with van der Waals surface area (Å²) in [6, 6.07) is 5.87. The highest BCUT2D eigenvalue weighted by molar-refractivity contribution is 9.10. The highest BCUT2D eigenvalue weighted by atomic mass is 79.9. The fraction of sp³-hybridized carbons (Fsp3) is 0.357. The first-order valence-corrected chi connectivity index (χ1v) is 7.44. The molecule has 0 saturated heterocycles. The standard InChI is InChI=1S/C14H16BrClN2O/c1-2-5-18-12(13-3-4-14(16)19-13)7-10-6-11(15)9-17-8-10/h3-4,6,8-9,12,18H,2,5,7H2,1H3. The lowest BCUT2D eigenvalue weighted by Crippen LogP contribution is -2.23. The van der Waals surface area contributed by atoms with Gasteiger partial charge in [0.05, 0.1) is 6.04 Å². The lowest BCUT2D eigenvalue weighted by Gasteiger charge is -2.16. The molecule has 0 spiro atoms. The molecule has 0 aliphatic carbocycles. The summed E-state index contributed by atoms with van der Waals surface area (Å²) in [4.78, 5) is 4.19. The molecule has 0 aromatic carbocycles. The number of rotatable bonds is 6. The van der Waals surface area contributed by atoms with Crippen molar-refractivity contribution in [2.45, 2.75) is 25.8 Å². The van der Waals surface area contributed by atoms with Gasteiger partial charge in [-0.3, -0.25) is 4.98 Å². The van der Waals surface area contributed by atoms with Crippen LogP contribution in [0.4, 0.5) is 0 Å². The van der Waals surface area contributed by atoms with Crippen LogP contribution in [0.5, 0.6) is 0 Å². The fourth-order valence-corrected chi connectivity index (χ4v) is 2.48. The third-order valence-electron chi connectivity index (χ3n) is 2.78. The first-order chi connectivity index (χ1) is 9.19. The van der Waals surface area contributed by atoms with Crippen molar-refractivity contribution in [3.63, 3.8) is 0 Å². The van der Waals surface area contributed by atoms with Gasteiger partial charge in [-0.1, -0.05) is 6.92 Å². The van der Waals surface area contributed by atoms with Crippen LogP contribution in [0.2, 0.25) is 5.22 Å². The van der Waals surface area contributed by atoms with Gasteiger partial charge in [-0.2, -0.15) is 0 Å². The van der Waals surface area contributed by atoms with Crippen molar-refractivity contribution in [3.05, 3.63) is 51.6 Å². The molecule has 0 amide bonds. The van der Waals surface area contributed by atoms with Gasteiger partial charge in [-0.05, 0) is 70.7 Å². The molecular formula is C14H16BrClN2O. The Morgan fingerprint density at radius 3 is 2.89 bits per heavy atom. The van der Waals surface area contributed by atoms with Gasteiger partial charge >= 0.3 is 0 Å². The second kappa shape index (κ2) is 7.08. The van der Waals surface area contributed by atoms with Crippen LogP contribution in [0.3, 0.4) is 0 Å². The van der Waals surface area contributed by atoms with E-state index in [0.29, 0.717) is 5.22 Å². The van der Waals surface area contributed by atoms with Crippen LogP contribution in [-0.2, 0) is 6.42 Å². The Morgan fingerprint density at radius 2 is 2.26 bits per heavy atom. The summed E-state index contributed by atoms with van der Waals surface area (Å²) in [5.41, 5.74) is 1.15. The number of halogens is 2. The van der Waals surface area contributed by atoms with Gasteiger partial charge in [-0.25, -0.2) is 0 Å². The molecule has 0 aliphatic rings. The number of hydrogen-bond donors (Lipinski definition) is 1. The van der Waals surface area contributed by atoms with Gasteiger partial charge in [0.2, 0.25) is 0 Å². The quantitative estimate of drug-likeness (QED) is 0.846. The largest absolute Gasteiger partial charge is 0.448 e. The van der Waals surface area contributed by atoms with Crippen LogP contribution in [0.1, 0.15) is 30.7 Å². The molecule has 19 heavy (non-hydrogen) atoms. The Hall–Kier alpha value is -0.840. The summed E-state index contributed by atoms with van der Waals surface area (Å²) in [5, 5.41) is 3.89. The van der Waals surface area contributed by atoms with Gasteiger partial charge < -0.3 is 9.73 Å². The van der Waals surface area contributed by atoms with E-state index in [9.17, 15) is 0 Å². The van der Waals surface area contributed by atoms with Gasteiger partial charge in [0.15, 0.2) is 5.22 Å². The van der Waals surface area contributed by atoms with E-state index in [2.05, 4.69) is 39.2 Å². The van der Waals surface area contributed by atoms with Gasteiger partial charge in [0, 0.05) is 16.9 Å². The number of furan rings is 1. The smallest absolute Gasteiger partial charge is 0.193 e. The summed E-state index contributed by atoms with van der Waals surface area (Å²) in [6.07, 6.45) is 5.54. The zero-order valence-electron chi connectivity index (χ0n) is 10.7. The molecule has 1 unspecified atom stereocenters. The Balaban J connectivity index is 2.13. The molecule has 2 aromatic heterocycles. The van der Waals surface area contributed by atoms with E-state index in [1.54, 1.807) is 12.3 Å². The topological polar surface area (TPSA) is 38.1 Å². The average molecular weight is 344 g/mol. The molecule has 1 N–H and O–H groups in total. The van der Waals surface area contributed by atoms with Crippen molar-refractivity contribution in [2.75, 3.05) is 6.54 Å². The van der Waals surface area contributed by atoms with E-state index < -0.39 is 0 Å². The Bertz CT molecular complexity index is 530. The molecule has 3 nitrogen and oxygen atoms in total. The minimum Gasteiger partial charge on any atom is -0.448 e. The molecule has 1 atom stereocenters. The molecule has 2 rings (SSSR count). The molecule has 102 valence electrons. The van der Waals surface area contributed by atoms with E-state index in [1.807, 2.05) is 12.3 Å². The maximum absolute atomic E-state index is 5.85.